The summed E-state index contributed by atoms with van der Waals surface area (Å²) in [6.07, 6.45) is 1.96. The van der Waals surface area contributed by atoms with Crippen molar-refractivity contribution in [3.8, 4) is 0 Å². The van der Waals surface area contributed by atoms with Gasteiger partial charge in [-0.15, -0.1) is 0 Å². The fourth-order valence-corrected chi connectivity index (χ4v) is 2.31. The van der Waals surface area contributed by atoms with Crippen LogP contribution in [0.5, 0.6) is 0 Å². The first kappa shape index (κ1) is 15.0. The zero-order chi connectivity index (χ0) is 15.2. The Morgan fingerprint density at radius 3 is 2.90 bits per heavy atom. The van der Waals surface area contributed by atoms with Gasteiger partial charge >= 0.3 is 5.97 Å². The second-order valence-corrected chi connectivity index (χ2v) is 4.81. The molecule has 2 N–H and O–H groups in total. The maximum atomic E-state index is 12.2. The molecule has 0 aliphatic carbocycles. The Morgan fingerprint density at radius 1 is 1.43 bits per heavy atom. The van der Waals surface area contributed by atoms with E-state index in [1.807, 2.05) is 12.1 Å². The molecule has 0 radical (unpaired) electrons. The first-order valence-electron chi connectivity index (χ1n) is 6.77. The number of hydrogen-bond donors (Lipinski definition) is 2. The third-order valence-corrected chi connectivity index (χ3v) is 3.34. The molecule has 1 aliphatic rings. The van der Waals surface area contributed by atoms with Crippen LogP contribution in [-0.2, 0) is 20.8 Å². The number of aryl methyl sites for hydroxylation is 1. The van der Waals surface area contributed by atoms with Crippen LogP contribution in [-0.4, -0.2) is 51.9 Å². The smallest absolute Gasteiger partial charge is 0.305 e. The van der Waals surface area contributed by atoms with Gasteiger partial charge in [0.2, 0.25) is 11.8 Å². The van der Waals surface area contributed by atoms with E-state index < -0.39 is 17.9 Å². The molecule has 0 aromatic carbocycles. The minimum Gasteiger partial charge on any atom is -0.481 e. The van der Waals surface area contributed by atoms with Crippen LogP contribution in [0.4, 0.5) is 0 Å². The van der Waals surface area contributed by atoms with Gasteiger partial charge in [-0.25, -0.2) is 0 Å². The van der Waals surface area contributed by atoms with Gasteiger partial charge in [0.05, 0.1) is 6.42 Å². The summed E-state index contributed by atoms with van der Waals surface area (Å²) >= 11 is 0. The molecule has 112 valence electrons. The Hall–Kier alpha value is -2.44. The standard InChI is InChI=1S/C14H17N3O4/c18-12(5-4-10-3-1-2-6-15-10)17-8-7-16-14(21)11(17)9-13(19)20/h1-3,6,11H,4-5,7-9H2,(H,16,21)(H,19,20). The molecule has 1 unspecified atom stereocenters. The summed E-state index contributed by atoms with van der Waals surface area (Å²) in [5.74, 6) is -1.73. The number of nitrogens with zero attached hydrogens (tertiary/aromatic N) is 2. The molecule has 0 spiro atoms. The summed E-state index contributed by atoms with van der Waals surface area (Å²) in [5, 5.41) is 11.5. The first-order chi connectivity index (χ1) is 10.1. The molecule has 1 fully saturated rings. The van der Waals surface area contributed by atoms with Crippen LogP contribution in [0.25, 0.3) is 0 Å². The second-order valence-electron chi connectivity index (χ2n) is 4.81. The summed E-state index contributed by atoms with van der Waals surface area (Å²) in [6.45, 7) is 0.690. The molecule has 1 aromatic heterocycles. The molecular weight excluding hydrogens is 274 g/mol. The second kappa shape index (κ2) is 6.83. The molecule has 21 heavy (non-hydrogen) atoms. The summed E-state index contributed by atoms with van der Waals surface area (Å²) < 4.78 is 0. The van der Waals surface area contributed by atoms with Gasteiger partial charge in [0.25, 0.3) is 0 Å². The lowest BCUT2D eigenvalue weighted by atomic mass is 10.1. The number of carboxylic acid groups (broad SMARTS) is 1. The lowest BCUT2D eigenvalue weighted by Gasteiger charge is -2.34. The maximum Gasteiger partial charge on any atom is 0.305 e. The van der Waals surface area contributed by atoms with Crippen LogP contribution in [0.2, 0.25) is 0 Å². The van der Waals surface area contributed by atoms with Gasteiger partial charge in [0, 0.05) is 31.4 Å². The van der Waals surface area contributed by atoms with E-state index in [9.17, 15) is 14.4 Å². The van der Waals surface area contributed by atoms with E-state index in [4.69, 9.17) is 5.11 Å². The summed E-state index contributed by atoms with van der Waals surface area (Å²) in [7, 11) is 0. The molecule has 0 saturated carbocycles. The van der Waals surface area contributed by atoms with E-state index in [1.165, 1.54) is 4.90 Å². The van der Waals surface area contributed by atoms with E-state index >= 15 is 0 Å². The van der Waals surface area contributed by atoms with Crippen LogP contribution in [0.15, 0.2) is 24.4 Å². The molecule has 1 saturated heterocycles. The molecule has 1 aliphatic heterocycles. The van der Waals surface area contributed by atoms with Crippen molar-refractivity contribution >= 4 is 17.8 Å². The number of carboxylic acids is 1. The SMILES string of the molecule is O=C(O)CC1C(=O)NCCN1C(=O)CCc1ccccn1. The zero-order valence-corrected chi connectivity index (χ0v) is 11.5. The summed E-state index contributed by atoms with van der Waals surface area (Å²) in [5.41, 5.74) is 0.794. The van der Waals surface area contributed by atoms with Crippen molar-refractivity contribution in [3.05, 3.63) is 30.1 Å². The van der Waals surface area contributed by atoms with Crippen LogP contribution >= 0.6 is 0 Å². The Morgan fingerprint density at radius 2 is 2.24 bits per heavy atom. The number of rotatable bonds is 5. The predicted molar refractivity (Wildman–Crippen MR) is 73.3 cm³/mol. The monoisotopic (exact) mass is 291 g/mol. The normalized spacial score (nSPS) is 18.2. The van der Waals surface area contributed by atoms with Gasteiger partial charge < -0.3 is 15.3 Å². The number of hydrogen-bond acceptors (Lipinski definition) is 4. The van der Waals surface area contributed by atoms with Crippen molar-refractivity contribution in [3.63, 3.8) is 0 Å². The van der Waals surface area contributed by atoms with Crippen molar-refractivity contribution in [1.29, 1.82) is 0 Å². The van der Waals surface area contributed by atoms with Crippen LogP contribution < -0.4 is 5.32 Å². The summed E-state index contributed by atoms with van der Waals surface area (Å²) in [4.78, 5) is 40.3. The quantitative estimate of drug-likeness (QED) is 0.783. The predicted octanol–water partition coefficient (Wildman–Crippen LogP) is -0.184. The summed E-state index contributed by atoms with van der Waals surface area (Å²) in [6, 6.07) is 4.54. The fraction of sp³-hybridized carbons (Fsp3) is 0.429. The van der Waals surface area contributed by atoms with E-state index in [1.54, 1.807) is 12.3 Å². The highest BCUT2D eigenvalue weighted by Gasteiger charge is 2.34. The van der Waals surface area contributed by atoms with Gasteiger partial charge in [0.15, 0.2) is 0 Å². The average Bonchev–Trinajstić information content (AvgIpc) is 2.47. The van der Waals surface area contributed by atoms with E-state index in [0.29, 0.717) is 19.5 Å². The molecule has 2 amide bonds. The molecule has 2 rings (SSSR count). The number of aliphatic carboxylic acids is 1. The van der Waals surface area contributed by atoms with Gasteiger partial charge in [-0.1, -0.05) is 6.07 Å². The van der Waals surface area contributed by atoms with Crippen LogP contribution in [0.1, 0.15) is 18.5 Å². The van der Waals surface area contributed by atoms with Gasteiger partial charge in [-0.3, -0.25) is 19.4 Å². The molecule has 1 atom stereocenters. The van der Waals surface area contributed by atoms with E-state index in [-0.39, 0.29) is 18.7 Å². The molecule has 7 heteroatoms. The third-order valence-electron chi connectivity index (χ3n) is 3.34. The Balaban J connectivity index is 1.98. The molecular formula is C14H17N3O4. The Bertz CT molecular complexity index is 532. The van der Waals surface area contributed by atoms with Crippen molar-refractivity contribution in [2.24, 2.45) is 0 Å². The van der Waals surface area contributed by atoms with Crippen molar-refractivity contribution in [2.75, 3.05) is 13.1 Å². The molecule has 7 nitrogen and oxygen atoms in total. The number of nitrogens with one attached hydrogen (secondary N) is 1. The highest BCUT2D eigenvalue weighted by Crippen LogP contribution is 2.12. The minimum absolute atomic E-state index is 0.209. The van der Waals surface area contributed by atoms with Gasteiger partial charge in [-0.05, 0) is 18.6 Å². The highest BCUT2D eigenvalue weighted by molar-refractivity contribution is 5.91. The first-order valence-corrected chi connectivity index (χ1v) is 6.77. The molecule has 1 aromatic rings. The number of aromatic nitrogens is 1. The largest absolute Gasteiger partial charge is 0.481 e. The number of pyridine rings is 1. The lowest BCUT2D eigenvalue weighted by Crippen LogP contribution is -2.57. The minimum atomic E-state index is -1.10. The van der Waals surface area contributed by atoms with Crippen LogP contribution in [0.3, 0.4) is 0 Å². The van der Waals surface area contributed by atoms with E-state index in [2.05, 4.69) is 10.3 Å². The zero-order valence-electron chi connectivity index (χ0n) is 11.5. The highest BCUT2D eigenvalue weighted by atomic mass is 16.4. The van der Waals surface area contributed by atoms with E-state index in [0.717, 1.165) is 5.69 Å². The van der Waals surface area contributed by atoms with Gasteiger partial charge in [0.1, 0.15) is 6.04 Å². The maximum absolute atomic E-state index is 12.2. The van der Waals surface area contributed by atoms with Gasteiger partial charge in [-0.2, -0.15) is 0 Å². The lowest BCUT2D eigenvalue weighted by molar-refractivity contribution is -0.148. The topological polar surface area (TPSA) is 99.6 Å². The fourth-order valence-electron chi connectivity index (χ4n) is 2.31. The van der Waals surface area contributed by atoms with Crippen molar-refractivity contribution in [1.82, 2.24) is 15.2 Å². The third kappa shape index (κ3) is 4.01. The Kier molecular flexibility index (Phi) is 4.86. The van der Waals surface area contributed by atoms with Crippen molar-refractivity contribution in [2.45, 2.75) is 25.3 Å². The number of carbonyl (C=O) groups excluding carboxylic acids is 2. The molecule has 0 bridgehead atoms. The Labute approximate surface area is 122 Å². The van der Waals surface area contributed by atoms with Crippen LogP contribution in [0, 0.1) is 0 Å². The van der Waals surface area contributed by atoms with Crippen molar-refractivity contribution < 1.29 is 19.5 Å². The molecule has 2 heterocycles. The number of carbonyl (C=O) groups is 3. The average molecular weight is 291 g/mol. The number of amides is 2. The number of piperazine rings is 1.